The zero-order valence-electron chi connectivity index (χ0n) is 9.48. The van der Waals surface area contributed by atoms with Crippen molar-refractivity contribution in [2.45, 2.75) is 0 Å². The molecule has 0 saturated carbocycles. The van der Waals surface area contributed by atoms with Crippen molar-refractivity contribution in [3.8, 4) is 0 Å². The first-order valence-corrected chi connectivity index (χ1v) is 5.79. The highest BCUT2D eigenvalue weighted by Crippen LogP contribution is 2.27. The summed E-state index contributed by atoms with van der Waals surface area (Å²) in [6.07, 6.45) is 1.50. The Morgan fingerprint density at radius 2 is 2.05 bits per heavy atom. The van der Waals surface area contributed by atoms with Crippen molar-refractivity contribution >= 4 is 39.4 Å². The van der Waals surface area contributed by atoms with Crippen LogP contribution in [-0.4, -0.2) is 21.0 Å². The zero-order valence-corrected chi connectivity index (χ0v) is 10.2. The van der Waals surface area contributed by atoms with Crippen molar-refractivity contribution in [3.05, 3.63) is 51.4 Å². The van der Waals surface area contributed by atoms with E-state index in [1.807, 2.05) is 0 Å². The summed E-state index contributed by atoms with van der Waals surface area (Å²) in [6.45, 7) is 0. The number of rotatable bonds is 1. The highest BCUT2D eigenvalue weighted by atomic mass is 35.5. The standard InChI is InChI=1S/C13H7ClN2O3/c14-9-3-4-15-11-10(9)7-2-1-6(13(18)19)5-8(7)12(17)16-11/h1-5H,(H,18,19)(H,15,16,17). The number of pyridine rings is 2. The predicted octanol–water partition coefficient (Wildman–Crippen LogP) is 2.43. The van der Waals surface area contributed by atoms with Crippen molar-refractivity contribution in [2.75, 3.05) is 0 Å². The number of carboxylic acids is 1. The van der Waals surface area contributed by atoms with Crippen LogP contribution < -0.4 is 5.56 Å². The molecule has 0 amide bonds. The molecule has 3 aromatic rings. The second kappa shape index (κ2) is 4.07. The van der Waals surface area contributed by atoms with E-state index in [0.717, 1.165) is 0 Å². The molecule has 19 heavy (non-hydrogen) atoms. The van der Waals surface area contributed by atoms with E-state index in [1.165, 1.54) is 18.3 Å². The van der Waals surface area contributed by atoms with Gasteiger partial charge in [-0.15, -0.1) is 0 Å². The van der Waals surface area contributed by atoms with Crippen LogP contribution in [-0.2, 0) is 0 Å². The smallest absolute Gasteiger partial charge is 0.335 e. The molecule has 0 bridgehead atoms. The molecule has 0 atom stereocenters. The quantitative estimate of drug-likeness (QED) is 0.668. The zero-order chi connectivity index (χ0) is 13.6. The second-order valence-electron chi connectivity index (χ2n) is 4.04. The summed E-state index contributed by atoms with van der Waals surface area (Å²) in [4.78, 5) is 29.5. The van der Waals surface area contributed by atoms with Crippen LogP contribution in [0.5, 0.6) is 0 Å². The highest BCUT2D eigenvalue weighted by molar-refractivity contribution is 6.37. The molecule has 94 valence electrons. The van der Waals surface area contributed by atoms with Gasteiger partial charge in [-0.25, -0.2) is 9.78 Å². The molecule has 0 radical (unpaired) electrons. The number of H-pyrrole nitrogens is 1. The maximum Gasteiger partial charge on any atom is 0.335 e. The van der Waals surface area contributed by atoms with Crippen LogP contribution in [0.3, 0.4) is 0 Å². The Bertz CT molecular complexity index is 886. The number of aromatic nitrogens is 2. The number of nitrogens with zero attached hydrogens (tertiary/aromatic N) is 1. The number of fused-ring (bicyclic) bond motifs is 3. The lowest BCUT2D eigenvalue weighted by atomic mass is 10.1. The normalized spacial score (nSPS) is 11.0. The summed E-state index contributed by atoms with van der Waals surface area (Å²) in [6, 6.07) is 5.96. The van der Waals surface area contributed by atoms with Crippen molar-refractivity contribution in [3.63, 3.8) is 0 Å². The van der Waals surface area contributed by atoms with Gasteiger partial charge in [0.2, 0.25) is 0 Å². The fourth-order valence-electron chi connectivity index (χ4n) is 2.05. The number of carboxylic acid groups (broad SMARTS) is 1. The Kier molecular flexibility index (Phi) is 2.50. The van der Waals surface area contributed by atoms with E-state index in [2.05, 4.69) is 9.97 Å². The molecule has 0 aliphatic heterocycles. The maximum absolute atomic E-state index is 11.9. The minimum Gasteiger partial charge on any atom is -0.478 e. The van der Waals surface area contributed by atoms with E-state index >= 15 is 0 Å². The molecular weight excluding hydrogens is 268 g/mol. The monoisotopic (exact) mass is 274 g/mol. The molecule has 5 nitrogen and oxygen atoms in total. The van der Waals surface area contributed by atoms with Crippen LogP contribution in [0, 0.1) is 0 Å². The van der Waals surface area contributed by atoms with Gasteiger partial charge in [0.1, 0.15) is 5.65 Å². The highest BCUT2D eigenvalue weighted by Gasteiger charge is 2.11. The number of aromatic amines is 1. The fourth-order valence-corrected chi connectivity index (χ4v) is 2.29. The van der Waals surface area contributed by atoms with Gasteiger partial charge < -0.3 is 10.1 Å². The fraction of sp³-hybridized carbons (Fsp3) is 0. The molecular formula is C13H7ClN2O3. The molecule has 6 heteroatoms. The van der Waals surface area contributed by atoms with E-state index in [0.29, 0.717) is 21.4 Å². The Morgan fingerprint density at radius 3 is 2.79 bits per heavy atom. The minimum absolute atomic E-state index is 0.0531. The summed E-state index contributed by atoms with van der Waals surface area (Å²) in [5.41, 5.74) is 0.0470. The Labute approximate surface area is 111 Å². The third-order valence-corrected chi connectivity index (χ3v) is 3.23. The molecule has 0 saturated heterocycles. The molecule has 0 unspecified atom stereocenters. The largest absolute Gasteiger partial charge is 0.478 e. The minimum atomic E-state index is -1.08. The summed E-state index contributed by atoms with van der Waals surface area (Å²) >= 11 is 6.11. The van der Waals surface area contributed by atoms with Gasteiger partial charge in [0, 0.05) is 17.0 Å². The summed E-state index contributed by atoms with van der Waals surface area (Å²) in [7, 11) is 0. The lowest BCUT2D eigenvalue weighted by molar-refractivity contribution is 0.0697. The van der Waals surface area contributed by atoms with Crippen molar-refractivity contribution in [1.29, 1.82) is 0 Å². The van der Waals surface area contributed by atoms with Crippen molar-refractivity contribution < 1.29 is 9.90 Å². The van der Waals surface area contributed by atoms with E-state index in [-0.39, 0.29) is 16.5 Å². The third kappa shape index (κ3) is 1.75. The van der Waals surface area contributed by atoms with E-state index in [4.69, 9.17) is 16.7 Å². The number of nitrogens with one attached hydrogen (secondary N) is 1. The SMILES string of the molecule is O=C(O)c1ccc2c(c1)c(=O)[nH]c1nccc(Cl)c12. The van der Waals surface area contributed by atoms with Crippen LogP contribution in [0.4, 0.5) is 0 Å². The molecule has 0 fully saturated rings. The van der Waals surface area contributed by atoms with Gasteiger partial charge in [-0.1, -0.05) is 17.7 Å². The topological polar surface area (TPSA) is 83.0 Å². The maximum atomic E-state index is 11.9. The van der Waals surface area contributed by atoms with Crippen LogP contribution in [0.2, 0.25) is 5.02 Å². The number of halogens is 1. The van der Waals surface area contributed by atoms with Gasteiger partial charge >= 0.3 is 5.97 Å². The van der Waals surface area contributed by atoms with Crippen LogP contribution >= 0.6 is 11.6 Å². The van der Waals surface area contributed by atoms with Gasteiger partial charge in [0.25, 0.3) is 5.56 Å². The van der Waals surface area contributed by atoms with E-state index < -0.39 is 5.97 Å². The van der Waals surface area contributed by atoms with Gasteiger partial charge in [0.05, 0.1) is 10.6 Å². The number of aromatic carboxylic acids is 1. The van der Waals surface area contributed by atoms with Crippen LogP contribution in [0.1, 0.15) is 10.4 Å². The van der Waals surface area contributed by atoms with Gasteiger partial charge in [-0.05, 0) is 23.6 Å². The first-order chi connectivity index (χ1) is 9.08. The first kappa shape index (κ1) is 11.7. The Balaban J connectivity index is 2.55. The molecule has 0 aliphatic rings. The second-order valence-corrected chi connectivity index (χ2v) is 4.44. The molecule has 0 aliphatic carbocycles. The Morgan fingerprint density at radius 1 is 1.26 bits per heavy atom. The third-order valence-electron chi connectivity index (χ3n) is 2.91. The predicted molar refractivity (Wildman–Crippen MR) is 71.8 cm³/mol. The van der Waals surface area contributed by atoms with Crippen LogP contribution in [0.15, 0.2) is 35.3 Å². The number of hydrogen-bond acceptors (Lipinski definition) is 3. The molecule has 3 rings (SSSR count). The summed E-state index contributed by atoms with van der Waals surface area (Å²) in [5, 5.41) is 10.9. The van der Waals surface area contributed by atoms with E-state index in [9.17, 15) is 9.59 Å². The summed E-state index contributed by atoms with van der Waals surface area (Å²) in [5.74, 6) is -1.08. The molecule has 0 spiro atoms. The van der Waals surface area contributed by atoms with Gasteiger partial charge in [-0.2, -0.15) is 0 Å². The van der Waals surface area contributed by atoms with E-state index in [1.54, 1.807) is 12.1 Å². The number of benzene rings is 1. The van der Waals surface area contributed by atoms with Gasteiger partial charge in [0.15, 0.2) is 0 Å². The Hall–Kier alpha value is -2.40. The lowest BCUT2D eigenvalue weighted by Crippen LogP contribution is -2.08. The summed E-state index contributed by atoms with van der Waals surface area (Å²) < 4.78 is 0. The number of carbonyl (C=O) groups is 1. The molecule has 2 N–H and O–H groups in total. The average molecular weight is 275 g/mol. The average Bonchev–Trinajstić information content (AvgIpc) is 2.38. The van der Waals surface area contributed by atoms with Crippen molar-refractivity contribution in [2.24, 2.45) is 0 Å². The lowest BCUT2D eigenvalue weighted by Gasteiger charge is -2.05. The van der Waals surface area contributed by atoms with Gasteiger partial charge in [-0.3, -0.25) is 4.79 Å². The molecule has 1 aromatic carbocycles. The molecule has 2 aromatic heterocycles. The number of hydrogen-bond donors (Lipinski definition) is 2. The molecule has 2 heterocycles. The van der Waals surface area contributed by atoms with Crippen LogP contribution in [0.25, 0.3) is 21.8 Å². The first-order valence-electron chi connectivity index (χ1n) is 5.41. The van der Waals surface area contributed by atoms with Crippen molar-refractivity contribution in [1.82, 2.24) is 9.97 Å².